The van der Waals surface area contributed by atoms with Crippen LogP contribution >= 0.6 is 11.3 Å². The second-order valence-corrected chi connectivity index (χ2v) is 15.4. The Labute approximate surface area is 331 Å². The van der Waals surface area contributed by atoms with Gasteiger partial charge >= 0.3 is 0 Å². The maximum atomic E-state index is 13.2. The molecule has 4 aromatic rings. The van der Waals surface area contributed by atoms with E-state index in [0.717, 1.165) is 45.3 Å². The summed E-state index contributed by atoms with van der Waals surface area (Å²) in [5, 5.41) is 27.0. The molecule has 2 aromatic carbocycles. The van der Waals surface area contributed by atoms with Crippen LogP contribution in [0.3, 0.4) is 0 Å². The number of aromatic hydroxyl groups is 1. The van der Waals surface area contributed by atoms with Crippen molar-refractivity contribution in [2.45, 2.75) is 50.7 Å². The lowest BCUT2D eigenvalue weighted by Crippen LogP contribution is -2.58. The number of rotatable bonds is 16. The fourth-order valence-electron chi connectivity index (χ4n) is 7.34. The highest BCUT2D eigenvalue weighted by atomic mass is 32.1. The van der Waals surface area contributed by atoms with Crippen molar-refractivity contribution in [1.82, 2.24) is 30.0 Å². The molecule has 2 fully saturated rings. The summed E-state index contributed by atoms with van der Waals surface area (Å²) < 4.78 is 12.1. The van der Waals surface area contributed by atoms with E-state index < -0.39 is 6.10 Å². The van der Waals surface area contributed by atoms with Gasteiger partial charge in [0.1, 0.15) is 11.4 Å². The number of aliphatic hydroxyl groups is 1. The first kappa shape index (κ1) is 41.0. The maximum absolute atomic E-state index is 13.2. The van der Waals surface area contributed by atoms with Crippen molar-refractivity contribution in [3.05, 3.63) is 91.7 Å². The lowest BCUT2D eigenvalue weighted by atomic mass is 9.89. The van der Waals surface area contributed by atoms with Gasteiger partial charge in [0.2, 0.25) is 11.5 Å². The highest BCUT2D eigenvalue weighted by molar-refractivity contribution is 7.10. The van der Waals surface area contributed by atoms with Crippen molar-refractivity contribution >= 4 is 34.1 Å². The molecule has 1 spiro atoms. The van der Waals surface area contributed by atoms with Crippen LogP contribution in [0.1, 0.15) is 64.5 Å². The van der Waals surface area contributed by atoms with E-state index in [4.69, 9.17) is 9.47 Å². The number of hydrogen-bond donors (Lipinski definition) is 4. The summed E-state index contributed by atoms with van der Waals surface area (Å²) >= 11 is 1.40. The summed E-state index contributed by atoms with van der Waals surface area (Å²) in [6.07, 6.45) is 2.92. The van der Waals surface area contributed by atoms with E-state index in [-0.39, 0.29) is 41.7 Å². The van der Waals surface area contributed by atoms with E-state index >= 15 is 0 Å². The zero-order valence-electron chi connectivity index (χ0n) is 32.2. The number of H-pyrrole nitrogens is 1. The minimum absolute atomic E-state index is 0.0143. The van der Waals surface area contributed by atoms with Gasteiger partial charge in [0.25, 0.3) is 5.91 Å². The van der Waals surface area contributed by atoms with Crippen LogP contribution in [-0.4, -0.2) is 132 Å². The predicted molar refractivity (Wildman–Crippen MR) is 216 cm³/mol. The summed E-state index contributed by atoms with van der Waals surface area (Å²) in [4.78, 5) is 50.6. The first-order valence-electron chi connectivity index (χ1n) is 19.3. The largest absolute Gasteiger partial charge is 0.506 e. The van der Waals surface area contributed by atoms with Crippen molar-refractivity contribution in [2.24, 2.45) is 0 Å². The van der Waals surface area contributed by atoms with Gasteiger partial charge < -0.3 is 44.7 Å². The Kier molecular flexibility index (Phi) is 14.3. The first-order valence-corrected chi connectivity index (χ1v) is 20.2. The quantitative estimate of drug-likeness (QED) is 0.0981. The molecule has 0 bridgehead atoms. The number of benzene rings is 2. The molecule has 6 rings (SSSR count). The number of pyridine rings is 1. The number of piperidine rings is 1. The molecule has 14 heteroatoms. The summed E-state index contributed by atoms with van der Waals surface area (Å²) in [5.41, 5.74) is 3.21. The number of nitrogens with one attached hydrogen (secondary N) is 2. The number of fused-ring (bicyclic) bond motifs is 1. The molecule has 56 heavy (non-hydrogen) atoms. The van der Waals surface area contributed by atoms with E-state index in [1.165, 1.54) is 34.6 Å². The molecule has 13 nitrogen and oxygen atoms in total. The van der Waals surface area contributed by atoms with E-state index in [1.807, 2.05) is 4.90 Å². The number of phenols is 1. The van der Waals surface area contributed by atoms with Crippen LogP contribution in [0.25, 0.3) is 10.9 Å². The fraction of sp³-hybridized carbons (Fsp3) is 0.476. The van der Waals surface area contributed by atoms with Gasteiger partial charge in [0.05, 0.1) is 50.0 Å². The lowest BCUT2D eigenvalue weighted by Gasteiger charge is -2.47. The minimum atomic E-state index is -0.864. The van der Waals surface area contributed by atoms with Crippen molar-refractivity contribution in [1.29, 1.82) is 0 Å². The van der Waals surface area contributed by atoms with E-state index in [2.05, 4.69) is 56.3 Å². The Morgan fingerprint density at radius 2 is 1.93 bits per heavy atom. The van der Waals surface area contributed by atoms with E-state index in [9.17, 15) is 24.6 Å². The summed E-state index contributed by atoms with van der Waals surface area (Å²) in [6, 6.07) is 14.7. The molecule has 2 aliphatic rings. The van der Waals surface area contributed by atoms with Gasteiger partial charge in [-0.05, 0) is 67.4 Å². The molecular weight excluding hydrogens is 733 g/mol. The van der Waals surface area contributed by atoms with Crippen LogP contribution in [-0.2, 0) is 27.1 Å². The molecule has 298 valence electrons. The first-order chi connectivity index (χ1) is 27.1. The average Bonchev–Trinajstić information content (AvgIpc) is 3.68. The third-order valence-corrected chi connectivity index (χ3v) is 11.4. The van der Waals surface area contributed by atoms with Crippen molar-refractivity contribution in [3.63, 3.8) is 0 Å². The van der Waals surface area contributed by atoms with Crippen molar-refractivity contribution in [2.75, 3.05) is 79.2 Å². The molecule has 0 aliphatic carbocycles. The van der Waals surface area contributed by atoms with Gasteiger partial charge in [-0.15, -0.1) is 11.3 Å². The molecule has 0 unspecified atom stereocenters. The number of aliphatic hydroxyl groups excluding tert-OH is 1. The van der Waals surface area contributed by atoms with E-state index in [0.29, 0.717) is 73.2 Å². The van der Waals surface area contributed by atoms with Crippen LogP contribution in [0.5, 0.6) is 5.75 Å². The van der Waals surface area contributed by atoms with Gasteiger partial charge in [-0.1, -0.05) is 36.3 Å². The number of aromatic nitrogens is 2. The maximum Gasteiger partial charge on any atom is 0.273 e. The summed E-state index contributed by atoms with van der Waals surface area (Å²) in [7, 11) is 1.75. The van der Waals surface area contributed by atoms with Crippen LogP contribution in [0.2, 0.25) is 0 Å². The van der Waals surface area contributed by atoms with Gasteiger partial charge in [-0.25, -0.2) is 4.98 Å². The average molecular weight is 785 g/mol. The topological polar surface area (TPSA) is 161 Å². The molecule has 0 saturated carbocycles. The Morgan fingerprint density at radius 3 is 2.73 bits per heavy atom. The molecular formula is C42H52N6O7S. The van der Waals surface area contributed by atoms with Gasteiger partial charge in [-0.3, -0.25) is 14.4 Å². The third-order valence-electron chi connectivity index (χ3n) is 10.6. The summed E-state index contributed by atoms with van der Waals surface area (Å²) in [6.45, 7) is 8.39. The second-order valence-electron chi connectivity index (χ2n) is 14.5. The van der Waals surface area contributed by atoms with Crippen LogP contribution < -0.4 is 10.9 Å². The molecule has 2 amide bonds. The van der Waals surface area contributed by atoms with Gasteiger partial charge in [0, 0.05) is 69.7 Å². The van der Waals surface area contributed by atoms with Gasteiger partial charge in [0.15, 0.2) is 5.01 Å². The van der Waals surface area contributed by atoms with Crippen LogP contribution in [0.15, 0.2) is 58.7 Å². The monoisotopic (exact) mass is 784 g/mol. The molecule has 4 N–H and O–H groups in total. The SMILES string of the molecule is CC#Cc1nc(C(=O)N2CCOC3(CCN(CCc4cccc(CCOCCC(=O)N(C)CCNC[C@H](O)c5ccc(O)c6[nH]c(=O)ccc56)c4)CC3)C2)cs1. The number of likely N-dealkylation sites (N-methyl/N-ethyl adjacent to an activating group) is 1. The lowest BCUT2D eigenvalue weighted by molar-refractivity contribution is -0.131. The Balaban J connectivity index is 0.839. The van der Waals surface area contributed by atoms with Crippen molar-refractivity contribution < 1.29 is 29.3 Å². The molecule has 2 aliphatic heterocycles. The predicted octanol–water partition coefficient (Wildman–Crippen LogP) is 3.34. The number of nitrogens with zero attached hydrogens (tertiary/aromatic N) is 4. The fourth-order valence-corrected chi connectivity index (χ4v) is 8.03. The molecule has 4 heterocycles. The highest BCUT2D eigenvalue weighted by Gasteiger charge is 2.41. The Bertz CT molecular complexity index is 2080. The number of ether oxygens (including phenoxy) is 2. The van der Waals surface area contributed by atoms with Gasteiger partial charge in [-0.2, -0.15) is 0 Å². The standard InChI is InChI=1S/C42H52N6O7S/c1-3-5-38-44-34(28-56-38)41(53)48-22-25-55-42(29-48)15-19-47(20-16-42)18-12-30-6-4-7-31(26-30)13-23-54-24-14-39(52)46(2)21-17-43-27-36(50)32-8-10-35(49)40-33(32)9-11-37(51)45-40/h4,6-11,26,28,36,43,49-50H,12-25,27,29H2,1-2H3,(H,45,51)/t36-/m0/s1. The second kappa shape index (κ2) is 19.5. The molecule has 2 saturated heterocycles. The Morgan fingerprint density at radius 1 is 1.12 bits per heavy atom. The number of carbonyl (C=O) groups excluding carboxylic acids is 2. The molecule has 0 radical (unpaired) electrons. The zero-order chi connectivity index (χ0) is 39.5. The number of carbonyl (C=O) groups is 2. The molecule has 1 atom stereocenters. The zero-order valence-corrected chi connectivity index (χ0v) is 33.0. The number of phenolic OH excluding ortho intramolecular Hbond substituents is 1. The number of aromatic amines is 1. The number of thiazole rings is 1. The number of hydrogen-bond acceptors (Lipinski definition) is 11. The third kappa shape index (κ3) is 10.8. The van der Waals surface area contributed by atoms with Crippen LogP contribution in [0, 0.1) is 11.8 Å². The van der Waals surface area contributed by atoms with E-state index in [1.54, 1.807) is 36.4 Å². The summed E-state index contributed by atoms with van der Waals surface area (Å²) in [5.74, 6) is 5.66. The number of likely N-dealkylation sites (tertiary alicyclic amines) is 1. The van der Waals surface area contributed by atoms with Crippen LogP contribution in [0.4, 0.5) is 0 Å². The molecule has 2 aromatic heterocycles. The normalized spacial score (nSPS) is 16.1. The number of morpholine rings is 1. The smallest absolute Gasteiger partial charge is 0.273 e. The number of amides is 2. The minimum Gasteiger partial charge on any atom is -0.506 e. The van der Waals surface area contributed by atoms with Crippen molar-refractivity contribution in [3.8, 4) is 17.6 Å². The Hall–Kier alpha value is -4.62. The highest BCUT2D eigenvalue weighted by Crippen LogP contribution is 2.31.